The van der Waals surface area contributed by atoms with Crippen LogP contribution in [0.2, 0.25) is 15.1 Å². The zero-order valence-corrected chi connectivity index (χ0v) is 82.7. The van der Waals surface area contributed by atoms with Crippen LogP contribution in [-0.4, -0.2) is 251 Å². The number of para-hydroxylation sites is 1. The Morgan fingerprint density at radius 3 is 1.13 bits per heavy atom. The molecule has 0 spiro atoms. The Bertz CT molecular complexity index is 6520. The molecule has 1 amide bonds. The summed E-state index contributed by atoms with van der Waals surface area (Å²) >= 11 is 18.6. The quantitative estimate of drug-likeness (QED) is 0.0102. The fraction of sp³-hybridized carbons (Fsp3) is 0.306. The number of ether oxygens (including phenoxy) is 5. The van der Waals surface area contributed by atoms with E-state index in [4.69, 9.17) is 58.5 Å². The van der Waals surface area contributed by atoms with E-state index in [1.807, 2.05) is 57.2 Å². The number of ketones is 3. The van der Waals surface area contributed by atoms with Crippen molar-refractivity contribution in [3.05, 3.63) is 282 Å². The summed E-state index contributed by atoms with van der Waals surface area (Å²) < 4.78 is 172. The molecule has 4 aromatic carbocycles. The Morgan fingerprint density at radius 2 is 0.733 bits per heavy atom. The Kier molecular flexibility index (Phi) is 41.3. The summed E-state index contributed by atoms with van der Waals surface area (Å²) in [6, 6.07) is 31.4. The number of benzene rings is 4. The Labute approximate surface area is 866 Å². The molecule has 6 N–H and O–H groups in total. The third kappa shape index (κ3) is 34.0. The molecule has 5 aliphatic rings. The average molecular weight is 2140 g/mol. The molecule has 786 valence electrons. The van der Waals surface area contributed by atoms with Gasteiger partial charge in [-0.15, -0.1) is 0 Å². The minimum atomic E-state index is -4.46. The number of halogens is 14. The van der Waals surface area contributed by atoms with Crippen molar-refractivity contribution in [2.75, 3.05) is 188 Å². The largest absolute Gasteiger partial charge is 0.417 e. The van der Waals surface area contributed by atoms with Gasteiger partial charge in [0, 0.05) is 138 Å². The lowest BCUT2D eigenvalue weighted by Crippen LogP contribution is -2.37. The highest BCUT2D eigenvalue weighted by molar-refractivity contribution is 6.34. The monoisotopic (exact) mass is 2140 g/mol. The van der Waals surface area contributed by atoms with Crippen molar-refractivity contribution >= 4 is 154 Å². The Hall–Kier alpha value is -15.5. The van der Waals surface area contributed by atoms with Gasteiger partial charge in [0.2, 0.25) is 29.7 Å². The van der Waals surface area contributed by atoms with Crippen molar-refractivity contribution in [2.24, 2.45) is 25.5 Å². The van der Waals surface area contributed by atoms with Gasteiger partial charge < -0.3 is 53.5 Å². The highest BCUT2D eigenvalue weighted by Crippen LogP contribution is 2.34. The number of nitrogens with zero attached hydrogens (tertiary/aromatic N) is 23. The van der Waals surface area contributed by atoms with Crippen molar-refractivity contribution in [2.45, 2.75) is 65.2 Å². The first-order valence-corrected chi connectivity index (χ1v) is 47.4. The first kappa shape index (κ1) is 112. The van der Waals surface area contributed by atoms with E-state index in [1.54, 1.807) is 73.0 Å². The van der Waals surface area contributed by atoms with E-state index in [0.717, 1.165) is 77.0 Å². The Balaban J connectivity index is 0.000000157. The summed E-state index contributed by atoms with van der Waals surface area (Å²) in [5.74, 6) is -2.03. The number of hydrogen-bond acceptors (Lipinski definition) is 37. The number of aromatic nitrogens is 13. The SMILES string of the molecule is Cc1cccc(Cl)c1CC(=O)C/C=N/Nc1ncc(F)c(N2CCOCC2)n1.Cc1cccc(Cl)c1CC(=O)c1cccc(/C=N/Nc2ncc(F)c(N3CCOCC3)n2)n1.Cc1cccc(Cl)c1NC(=O)c1ccnc(/C=N/Nc2ncc(F)c(N3CCOCC3)n2)c1.Fc1cnc(N/N=C\c2ccc(C(F)(F)F)cn2)nc1N1CCOCC1.O=C(C/C=N/Nc1ncc(F)c(N2CCOCC2)n1)Cc1cccc(C(F)(F)F)c1. The van der Waals surface area contributed by atoms with Crippen LogP contribution in [0.4, 0.5) is 113 Å². The van der Waals surface area contributed by atoms with Crippen molar-refractivity contribution < 1.29 is 91.2 Å². The number of amides is 1. The number of carbonyl (C=O) groups excluding carboxylic acids is 4. The van der Waals surface area contributed by atoms with Crippen molar-refractivity contribution in [1.82, 2.24) is 64.8 Å². The predicted molar refractivity (Wildman–Crippen MR) is 543 cm³/mol. The van der Waals surface area contributed by atoms with Crippen LogP contribution in [0.25, 0.3) is 0 Å². The molecule has 5 saturated heterocycles. The molecule has 0 unspecified atom stereocenters. The number of alkyl halides is 6. The van der Waals surface area contributed by atoms with E-state index >= 15 is 0 Å². The second kappa shape index (κ2) is 55.5. The minimum Gasteiger partial charge on any atom is -0.378 e. The van der Waals surface area contributed by atoms with Gasteiger partial charge in [-0.2, -0.15) is 76.8 Å². The van der Waals surface area contributed by atoms with E-state index in [-0.39, 0.29) is 125 Å². The fourth-order valence-electron chi connectivity index (χ4n) is 14.4. The number of anilines is 11. The van der Waals surface area contributed by atoms with Crippen LogP contribution in [0.1, 0.15) is 95.3 Å². The summed E-state index contributed by atoms with van der Waals surface area (Å²) in [5, 5.41) is 24.2. The Morgan fingerprint density at radius 1 is 0.367 bits per heavy atom. The van der Waals surface area contributed by atoms with Gasteiger partial charge in [0.15, 0.2) is 64.0 Å². The fourth-order valence-corrected chi connectivity index (χ4v) is 15.3. The summed E-state index contributed by atoms with van der Waals surface area (Å²) in [6.07, 6.45) is 5.70. The molecule has 13 heterocycles. The zero-order valence-electron chi connectivity index (χ0n) is 80.4. The molecule has 38 nitrogen and oxygen atoms in total. The number of carbonyl (C=O) groups is 4. The highest BCUT2D eigenvalue weighted by atomic mass is 35.5. The molecule has 17 rings (SSSR count). The molecular weight excluding hydrogens is 2040 g/mol. The highest BCUT2D eigenvalue weighted by Gasteiger charge is 2.33. The molecule has 0 saturated carbocycles. The average Bonchev–Trinajstić information content (AvgIpc) is 0.839. The lowest BCUT2D eigenvalue weighted by Gasteiger charge is -2.27. The summed E-state index contributed by atoms with van der Waals surface area (Å²) in [6.45, 7) is 16.0. The molecule has 0 bridgehead atoms. The smallest absolute Gasteiger partial charge is 0.378 e. The number of rotatable bonds is 31. The van der Waals surface area contributed by atoms with Crippen LogP contribution in [-0.2, 0) is 64.9 Å². The maximum atomic E-state index is 14.1. The van der Waals surface area contributed by atoms with E-state index < -0.39 is 52.6 Å². The third-order valence-electron chi connectivity index (χ3n) is 22.2. The second-order valence-electron chi connectivity index (χ2n) is 32.8. The van der Waals surface area contributed by atoms with Gasteiger partial charge in [0.05, 0.1) is 155 Å². The van der Waals surface area contributed by atoms with Crippen LogP contribution in [0.3, 0.4) is 0 Å². The maximum absolute atomic E-state index is 14.1. The summed E-state index contributed by atoms with van der Waals surface area (Å²) in [4.78, 5) is 111. The van der Waals surface area contributed by atoms with Gasteiger partial charge >= 0.3 is 12.4 Å². The molecule has 150 heavy (non-hydrogen) atoms. The molecule has 0 radical (unpaired) electrons. The molecule has 12 aromatic rings. The molecular formula is C98H97Cl3F11N29O9. The number of hydrazone groups is 5. The number of aryl methyl sites for hydroxylation is 3. The molecule has 0 aliphatic carbocycles. The van der Waals surface area contributed by atoms with Crippen molar-refractivity contribution in [3.63, 3.8) is 0 Å². The number of morpholine rings is 5. The number of Topliss-reactive ketones (excluding diaryl/α,β-unsaturated/α-hetero) is 3. The molecule has 0 atom stereocenters. The van der Waals surface area contributed by atoms with Crippen LogP contribution in [0.5, 0.6) is 0 Å². The zero-order chi connectivity index (χ0) is 106. The third-order valence-corrected chi connectivity index (χ3v) is 23.2. The lowest BCUT2D eigenvalue weighted by molar-refractivity contribution is -0.138. The van der Waals surface area contributed by atoms with Crippen LogP contribution in [0, 0.1) is 49.9 Å². The van der Waals surface area contributed by atoms with Crippen LogP contribution >= 0.6 is 34.8 Å². The first-order valence-electron chi connectivity index (χ1n) is 46.2. The van der Waals surface area contributed by atoms with Crippen LogP contribution < -0.4 is 56.9 Å². The van der Waals surface area contributed by atoms with Gasteiger partial charge in [0.1, 0.15) is 17.3 Å². The molecule has 5 fully saturated rings. The van der Waals surface area contributed by atoms with E-state index in [1.165, 1.54) is 55.5 Å². The van der Waals surface area contributed by atoms with Gasteiger partial charge in [-0.1, -0.05) is 95.5 Å². The molecule has 8 aromatic heterocycles. The molecule has 5 aliphatic heterocycles. The minimum absolute atomic E-state index is 0.0178. The van der Waals surface area contributed by atoms with Crippen molar-refractivity contribution in [1.29, 1.82) is 0 Å². The van der Waals surface area contributed by atoms with Gasteiger partial charge in [0.25, 0.3) is 5.91 Å². The standard InChI is InChI=1S/C23H22ClFN6O2.C22H21ClFN7O2.C19H21ClFN5O2.C19H19F4N5O2.C15H14F4N6O/c1-15-4-2-6-18(24)17(15)12-21(32)20-7-3-5-16(28-20)13-27-30-23-26-14-19(25)22(29-23)31-8-10-33-11-9-31;1-14-3-2-4-17(23)19(14)28-21(32)15-5-6-25-16(11-15)12-27-30-22-26-13-18(24)20(29-22)31-7-9-33-10-8-31;1-13-3-2-4-16(20)15(13)11-14(27)5-6-23-25-19-22-12-17(21)18(24-19)26-7-9-28-10-8-26;20-16-12-24-18(26-17(16)28-6-8-30-9-7-28)27-25-5-4-15(29)11-13-2-1-3-14(10-13)19(21,22)23;16-12-9-21-14(23-13(12)25-3-5-26-6-4-25)24-22-8-11-2-1-10(7-20-11)15(17,18)19/h2-7,13-14H,8-12H2,1H3,(H,26,29,30);2-6,11-13H,7-10H2,1H3,(H,28,32)(H,26,29,30);2-4,6,12H,5,7-11H2,1H3,(H,22,24,25);1-3,5,10,12H,4,6-9,11H2,(H,24,26,27);1-2,7-9H,3-6H2,(H,21,23,24)/b27-13+;27-12+;23-6+;25-5+;22-8-. The van der Waals surface area contributed by atoms with Gasteiger partial charge in [-0.3, -0.25) is 29.1 Å². The molecule has 52 heteroatoms. The van der Waals surface area contributed by atoms with Gasteiger partial charge in [-0.05, 0) is 115 Å². The normalized spacial score (nSPS) is 14.5. The topological polar surface area (TPSA) is 432 Å². The van der Waals surface area contributed by atoms with Crippen molar-refractivity contribution in [3.8, 4) is 0 Å². The number of pyridine rings is 3. The van der Waals surface area contributed by atoms with Crippen LogP contribution in [0.15, 0.2) is 190 Å². The number of hydrogen-bond donors (Lipinski definition) is 6. The lowest BCUT2D eigenvalue weighted by atomic mass is 10.0. The predicted octanol–water partition coefficient (Wildman–Crippen LogP) is 15.6. The second-order valence-corrected chi connectivity index (χ2v) is 34.0. The van der Waals surface area contributed by atoms with Gasteiger partial charge in [-0.25, -0.2) is 79.0 Å². The van der Waals surface area contributed by atoms with E-state index in [0.29, 0.717) is 181 Å². The summed E-state index contributed by atoms with van der Waals surface area (Å²) in [7, 11) is 0. The maximum Gasteiger partial charge on any atom is 0.417 e. The number of nitrogens with one attached hydrogen (secondary N) is 6. The first-order chi connectivity index (χ1) is 72.3. The van der Waals surface area contributed by atoms with E-state index in [2.05, 4.69) is 123 Å². The van der Waals surface area contributed by atoms with E-state index in [9.17, 15) is 67.5 Å². The summed E-state index contributed by atoms with van der Waals surface area (Å²) in [5.41, 5.74) is 18.4.